The summed E-state index contributed by atoms with van der Waals surface area (Å²) < 4.78 is 5.84. The Labute approximate surface area is 154 Å². The van der Waals surface area contributed by atoms with Crippen molar-refractivity contribution in [3.63, 3.8) is 0 Å². The van der Waals surface area contributed by atoms with Gasteiger partial charge in [0.2, 0.25) is 5.88 Å². The number of nitriles is 1. The lowest BCUT2D eigenvalue weighted by Crippen LogP contribution is -1.99. The number of benzene rings is 2. The van der Waals surface area contributed by atoms with Crippen molar-refractivity contribution in [1.29, 1.82) is 5.26 Å². The van der Waals surface area contributed by atoms with Crippen LogP contribution in [0.3, 0.4) is 0 Å². The van der Waals surface area contributed by atoms with Crippen molar-refractivity contribution >= 4 is 0 Å². The van der Waals surface area contributed by atoms with Gasteiger partial charge in [0.1, 0.15) is 6.61 Å². The number of hydrogen-bond donors (Lipinski definition) is 0. The van der Waals surface area contributed by atoms with Crippen LogP contribution in [0.15, 0.2) is 66.7 Å². The maximum atomic E-state index is 9.24. The summed E-state index contributed by atoms with van der Waals surface area (Å²) in [5.41, 5.74) is 4.82. The molecule has 0 aliphatic carbocycles. The van der Waals surface area contributed by atoms with Crippen LogP contribution in [0.1, 0.15) is 36.6 Å². The molecule has 0 N–H and O–H groups in total. The number of nitrogens with zero attached hydrogens (tertiary/aromatic N) is 2. The topological polar surface area (TPSA) is 45.9 Å². The van der Waals surface area contributed by atoms with Crippen LogP contribution in [0.5, 0.6) is 5.88 Å². The van der Waals surface area contributed by atoms with Gasteiger partial charge in [0.25, 0.3) is 0 Å². The van der Waals surface area contributed by atoms with Crippen LogP contribution in [-0.4, -0.2) is 4.98 Å². The van der Waals surface area contributed by atoms with Gasteiger partial charge in [0.05, 0.1) is 11.6 Å². The minimum atomic E-state index is 0.477. The third-order valence-electron chi connectivity index (χ3n) is 4.27. The lowest BCUT2D eigenvalue weighted by Gasteiger charge is -2.09. The zero-order valence-electron chi connectivity index (χ0n) is 15.0. The van der Waals surface area contributed by atoms with Crippen LogP contribution in [0, 0.1) is 11.3 Å². The van der Waals surface area contributed by atoms with Crippen molar-refractivity contribution in [1.82, 2.24) is 4.98 Å². The Hall–Kier alpha value is -3.12. The zero-order chi connectivity index (χ0) is 18.2. The van der Waals surface area contributed by atoms with E-state index in [9.17, 15) is 5.26 Å². The number of aromatic nitrogens is 1. The summed E-state index contributed by atoms with van der Waals surface area (Å²) in [5.74, 6) is 0.664. The molecule has 0 aliphatic heterocycles. The molecule has 0 atom stereocenters. The van der Waals surface area contributed by atoms with Gasteiger partial charge < -0.3 is 4.74 Å². The summed E-state index contributed by atoms with van der Waals surface area (Å²) in [5, 5.41) is 9.24. The second-order valence-electron chi connectivity index (χ2n) is 6.21. The molecule has 3 nitrogen and oxygen atoms in total. The molecule has 2 aromatic carbocycles. The molecule has 0 unspecified atom stereocenters. The van der Waals surface area contributed by atoms with E-state index < -0.39 is 0 Å². The van der Waals surface area contributed by atoms with Gasteiger partial charge in [-0.3, -0.25) is 0 Å². The van der Waals surface area contributed by atoms with E-state index in [1.807, 2.05) is 66.7 Å². The molecule has 0 radical (unpaired) electrons. The van der Waals surface area contributed by atoms with Crippen LogP contribution in [0.2, 0.25) is 0 Å². The second-order valence-corrected chi connectivity index (χ2v) is 6.21. The van der Waals surface area contributed by atoms with E-state index in [-0.39, 0.29) is 0 Å². The van der Waals surface area contributed by atoms with Gasteiger partial charge in [-0.2, -0.15) is 5.26 Å². The smallest absolute Gasteiger partial charge is 0.213 e. The van der Waals surface area contributed by atoms with E-state index in [4.69, 9.17) is 4.74 Å². The molecule has 0 aliphatic rings. The third-order valence-corrected chi connectivity index (χ3v) is 4.27. The van der Waals surface area contributed by atoms with Crippen molar-refractivity contribution < 1.29 is 4.74 Å². The number of unbranched alkanes of at least 4 members (excludes halogenated alkanes) is 1. The average Bonchev–Trinajstić information content (AvgIpc) is 2.71. The van der Waals surface area contributed by atoms with Gasteiger partial charge in [0.15, 0.2) is 0 Å². The highest BCUT2D eigenvalue weighted by atomic mass is 16.5. The summed E-state index contributed by atoms with van der Waals surface area (Å²) >= 11 is 0. The fourth-order valence-electron chi connectivity index (χ4n) is 2.81. The minimum Gasteiger partial charge on any atom is -0.473 e. The molecule has 0 amide bonds. The molecular weight excluding hydrogens is 320 g/mol. The molecule has 3 heteroatoms. The molecular formula is C23H22N2O. The normalized spacial score (nSPS) is 10.3. The highest BCUT2D eigenvalue weighted by Crippen LogP contribution is 2.23. The van der Waals surface area contributed by atoms with Crippen LogP contribution in [0.25, 0.3) is 11.1 Å². The van der Waals surface area contributed by atoms with E-state index in [1.165, 1.54) is 0 Å². The molecule has 0 spiro atoms. The molecule has 0 saturated heterocycles. The summed E-state index contributed by atoms with van der Waals surface area (Å²) in [6.45, 7) is 2.66. The van der Waals surface area contributed by atoms with Gasteiger partial charge in [-0.25, -0.2) is 4.98 Å². The van der Waals surface area contributed by atoms with Gasteiger partial charge in [-0.15, -0.1) is 0 Å². The molecule has 3 aromatic rings. The first-order valence-corrected chi connectivity index (χ1v) is 8.97. The Bertz CT molecular complexity index is 895. The van der Waals surface area contributed by atoms with Crippen LogP contribution in [0.4, 0.5) is 0 Å². The Balaban J connectivity index is 1.66. The first-order valence-electron chi connectivity index (χ1n) is 8.97. The quantitative estimate of drug-likeness (QED) is 0.566. The van der Waals surface area contributed by atoms with E-state index in [0.717, 1.165) is 41.6 Å². The van der Waals surface area contributed by atoms with Crippen LogP contribution < -0.4 is 4.74 Å². The largest absolute Gasteiger partial charge is 0.473 e. The second kappa shape index (κ2) is 8.82. The Morgan fingerprint density at radius 1 is 0.962 bits per heavy atom. The number of pyridine rings is 1. The SMILES string of the molecule is CCCCc1cccc(OCc2ccc(-c3ccccc3C#N)cc2)n1. The summed E-state index contributed by atoms with van der Waals surface area (Å²) in [6, 6.07) is 23.9. The monoisotopic (exact) mass is 342 g/mol. The first kappa shape index (κ1) is 17.7. The van der Waals surface area contributed by atoms with E-state index in [1.54, 1.807) is 0 Å². The zero-order valence-corrected chi connectivity index (χ0v) is 15.0. The molecule has 0 bridgehead atoms. The van der Waals surface area contributed by atoms with Crippen molar-refractivity contribution in [2.45, 2.75) is 32.8 Å². The minimum absolute atomic E-state index is 0.477. The van der Waals surface area contributed by atoms with E-state index in [0.29, 0.717) is 18.1 Å². The highest BCUT2D eigenvalue weighted by molar-refractivity contribution is 5.70. The standard InChI is InChI=1S/C23H22N2O/c1-2-3-8-21-9-6-11-23(25-21)26-17-18-12-14-19(15-13-18)22-10-5-4-7-20(22)16-24/h4-7,9-15H,2-3,8,17H2,1H3. The molecule has 3 rings (SSSR count). The van der Waals surface area contributed by atoms with E-state index in [2.05, 4.69) is 18.0 Å². The van der Waals surface area contributed by atoms with Gasteiger partial charge >= 0.3 is 0 Å². The van der Waals surface area contributed by atoms with Crippen LogP contribution >= 0.6 is 0 Å². The third kappa shape index (κ3) is 4.49. The molecule has 0 fully saturated rings. The molecule has 130 valence electrons. The lowest BCUT2D eigenvalue weighted by atomic mass is 9.99. The van der Waals surface area contributed by atoms with Crippen molar-refractivity contribution in [3.8, 4) is 23.1 Å². The molecule has 0 saturated carbocycles. The fraction of sp³-hybridized carbons (Fsp3) is 0.217. The molecule has 1 aromatic heterocycles. The van der Waals surface area contributed by atoms with Crippen LogP contribution in [-0.2, 0) is 13.0 Å². The Morgan fingerprint density at radius 2 is 1.77 bits per heavy atom. The van der Waals surface area contributed by atoms with Crippen molar-refractivity contribution in [2.24, 2.45) is 0 Å². The first-order chi connectivity index (χ1) is 12.8. The van der Waals surface area contributed by atoms with E-state index >= 15 is 0 Å². The number of aryl methyl sites for hydroxylation is 1. The molecule has 1 heterocycles. The highest BCUT2D eigenvalue weighted by Gasteiger charge is 2.05. The summed E-state index contributed by atoms with van der Waals surface area (Å²) in [7, 11) is 0. The predicted molar refractivity (Wildman–Crippen MR) is 104 cm³/mol. The summed E-state index contributed by atoms with van der Waals surface area (Å²) in [6.07, 6.45) is 3.29. The van der Waals surface area contributed by atoms with Crippen molar-refractivity contribution in [3.05, 3.63) is 83.6 Å². The molecule has 26 heavy (non-hydrogen) atoms. The number of rotatable bonds is 7. The van der Waals surface area contributed by atoms with Gasteiger partial charge in [-0.05, 0) is 41.7 Å². The maximum absolute atomic E-state index is 9.24. The van der Waals surface area contributed by atoms with Gasteiger partial charge in [0, 0.05) is 11.8 Å². The maximum Gasteiger partial charge on any atom is 0.213 e. The number of ether oxygens (including phenoxy) is 1. The predicted octanol–water partition coefficient (Wildman–Crippen LogP) is 5.54. The van der Waals surface area contributed by atoms with Gasteiger partial charge in [-0.1, -0.05) is 61.9 Å². The van der Waals surface area contributed by atoms with Crippen molar-refractivity contribution in [2.75, 3.05) is 0 Å². The average molecular weight is 342 g/mol. The fourth-order valence-corrected chi connectivity index (χ4v) is 2.81. The lowest BCUT2D eigenvalue weighted by molar-refractivity contribution is 0.293. The Morgan fingerprint density at radius 3 is 2.54 bits per heavy atom. The number of hydrogen-bond acceptors (Lipinski definition) is 3. The Kier molecular flexibility index (Phi) is 6.01. The summed E-state index contributed by atoms with van der Waals surface area (Å²) in [4.78, 5) is 4.55.